The van der Waals surface area contributed by atoms with Crippen molar-refractivity contribution >= 4 is 85.8 Å². The average Bonchev–Trinajstić information content (AvgIpc) is 0.925. The van der Waals surface area contributed by atoms with E-state index in [2.05, 4.69) is 10.6 Å². The molecule has 2 aliphatic rings. The highest BCUT2D eigenvalue weighted by molar-refractivity contribution is 7.80. The fourth-order valence-electron chi connectivity index (χ4n) is 10.1. The number of fused-ring (bicyclic) bond motifs is 1. The smallest absolute Gasteiger partial charge is 0.338 e. The van der Waals surface area contributed by atoms with Crippen molar-refractivity contribution in [1.29, 1.82) is 0 Å². The maximum atomic E-state index is 14.9. The van der Waals surface area contributed by atoms with Gasteiger partial charge in [0.2, 0.25) is 0 Å². The van der Waals surface area contributed by atoms with E-state index in [9.17, 15) is 33.6 Å². The van der Waals surface area contributed by atoms with E-state index in [-0.39, 0.29) is 44.1 Å². The Morgan fingerprint density at radius 3 is 1.18 bits per heavy atom. The summed E-state index contributed by atoms with van der Waals surface area (Å²) in [4.78, 5) is 106. The number of rotatable bonds is 20. The van der Waals surface area contributed by atoms with Gasteiger partial charge < -0.3 is 58.0 Å². The van der Waals surface area contributed by atoms with Gasteiger partial charge in [-0.2, -0.15) is 0 Å². The predicted molar refractivity (Wildman–Crippen MR) is 338 cm³/mol. The highest BCUT2D eigenvalue weighted by Crippen LogP contribution is 2.37. The Morgan fingerprint density at radius 2 is 0.772 bits per heavy atom. The van der Waals surface area contributed by atoms with Crippen molar-refractivity contribution < 1.29 is 80.9 Å². The van der Waals surface area contributed by atoms with Crippen molar-refractivity contribution in [3.05, 3.63) is 275 Å². The van der Waals surface area contributed by atoms with E-state index in [0.29, 0.717) is 10.6 Å². The molecular formula is C70H57N3O17S2. The van der Waals surface area contributed by atoms with Crippen LogP contribution in [0.1, 0.15) is 78.1 Å². The van der Waals surface area contributed by atoms with Gasteiger partial charge in [0.15, 0.2) is 53.3 Å². The highest BCUT2D eigenvalue weighted by Gasteiger charge is 2.58. The zero-order valence-electron chi connectivity index (χ0n) is 48.8. The molecule has 22 heteroatoms. The normalized spacial score (nSPS) is 20.8. The monoisotopic (exact) mass is 1280 g/mol. The van der Waals surface area contributed by atoms with Gasteiger partial charge in [0.25, 0.3) is 0 Å². The maximum Gasteiger partial charge on any atom is 0.338 e. The van der Waals surface area contributed by atoms with E-state index in [1.807, 2.05) is 25.1 Å². The number of aryl methyl sites for hydroxylation is 1. The van der Waals surface area contributed by atoms with Crippen LogP contribution in [-0.4, -0.2) is 126 Å². The lowest BCUT2D eigenvalue weighted by Gasteiger charge is -2.49. The number of benzene rings is 8. The molecule has 0 unspecified atom stereocenters. The van der Waals surface area contributed by atoms with Crippen LogP contribution in [0.5, 0.6) is 0 Å². The fourth-order valence-corrected chi connectivity index (χ4v) is 11.3. The van der Waals surface area contributed by atoms with Crippen molar-refractivity contribution in [2.24, 2.45) is 0 Å². The van der Waals surface area contributed by atoms with Crippen molar-refractivity contribution in [3.8, 4) is 0 Å². The molecule has 10 atom stereocenters. The van der Waals surface area contributed by atoms with Gasteiger partial charge in [-0.25, -0.2) is 38.5 Å². The number of thiocarbonyl (C=S) groups is 1. The van der Waals surface area contributed by atoms with Gasteiger partial charge in [0, 0.05) is 0 Å². The van der Waals surface area contributed by atoms with Crippen LogP contribution in [0.4, 0.5) is 5.13 Å². The number of anilines is 1. The van der Waals surface area contributed by atoms with Crippen molar-refractivity contribution in [2.45, 2.75) is 68.3 Å². The number of ether oxygens (including phenoxy) is 10. The first-order chi connectivity index (χ1) is 44.8. The predicted octanol–water partition coefficient (Wildman–Crippen LogP) is 10.6. The van der Waals surface area contributed by atoms with E-state index < -0.39 is 116 Å². The molecule has 2 aliphatic heterocycles. The van der Waals surface area contributed by atoms with E-state index in [1.165, 1.54) is 96.3 Å². The summed E-state index contributed by atoms with van der Waals surface area (Å²) in [5.74, 6) is -6.62. The number of hydrogen-bond acceptors (Lipinski definition) is 20. The molecule has 1 aromatic heterocycles. The van der Waals surface area contributed by atoms with Crippen LogP contribution in [0, 0.1) is 6.92 Å². The van der Waals surface area contributed by atoms with Crippen LogP contribution in [0.15, 0.2) is 231 Å². The highest BCUT2D eigenvalue weighted by atomic mass is 32.1. The second-order valence-corrected chi connectivity index (χ2v) is 22.4. The number of nitrogens with one attached hydrogen (secondary N) is 2. The summed E-state index contributed by atoms with van der Waals surface area (Å²) in [5, 5.41) is 6.40. The Balaban J connectivity index is 1.06. The quantitative estimate of drug-likeness (QED) is 0.0409. The van der Waals surface area contributed by atoms with Gasteiger partial charge in [-0.05, 0) is 122 Å². The van der Waals surface area contributed by atoms with Crippen LogP contribution in [0.3, 0.4) is 0 Å². The van der Waals surface area contributed by atoms with Gasteiger partial charge in [-0.3, -0.25) is 0 Å². The molecule has 2 fully saturated rings. The number of esters is 7. The first kappa shape index (κ1) is 63.1. The Morgan fingerprint density at radius 1 is 0.424 bits per heavy atom. The maximum absolute atomic E-state index is 14.9. The van der Waals surface area contributed by atoms with E-state index in [1.54, 1.807) is 127 Å². The molecule has 11 rings (SSSR count). The third-order valence-corrected chi connectivity index (χ3v) is 15.7. The molecular weight excluding hydrogens is 1220 g/mol. The van der Waals surface area contributed by atoms with Crippen molar-refractivity contribution in [2.75, 3.05) is 18.5 Å². The Labute approximate surface area is 536 Å². The standard InChI is InChI=1S/C70H57N3O17S2/c1-42-37-38-50-53(39-42)92-70(71-50)73-69(91)72-60-58(88-66(79)48-33-19-7-20-34-48)56(86-64(77)46-29-15-5-16-30-46)55(51(83-60)40-81-61(74)43-23-9-2-10-24-43)90-68-59(89-67(80)49-35-21-8-22-36-49)57(87-65(78)47-31-17-6-18-32-47)54(85-63(76)45-27-13-4-14-28-45)52(84-68)41-82-62(75)44-25-11-3-12-26-44/h2-39,51-52,54-60,68H,40-41H2,1H3,(H2,71,72,73,91)/t51-,52-,54-,55-,56+,57+,58-,59-,60-,68-/m1/s1. The third-order valence-electron chi connectivity index (χ3n) is 14.6. The number of carbonyl (C=O) groups is 7. The van der Waals surface area contributed by atoms with Gasteiger partial charge >= 0.3 is 41.8 Å². The minimum atomic E-state index is -2.09. The van der Waals surface area contributed by atoms with Gasteiger partial charge in [0.1, 0.15) is 31.5 Å². The first-order valence-electron chi connectivity index (χ1n) is 29.0. The molecule has 466 valence electrons. The summed E-state index contributed by atoms with van der Waals surface area (Å²) in [6, 6.07) is 60.6. The van der Waals surface area contributed by atoms with Crippen LogP contribution < -0.4 is 10.6 Å². The Kier molecular flexibility index (Phi) is 20.5. The summed E-state index contributed by atoms with van der Waals surface area (Å²) >= 11 is 7.23. The molecule has 0 bridgehead atoms. The second kappa shape index (κ2) is 29.9. The summed E-state index contributed by atoms with van der Waals surface area (Å²) in [6.07, 6.45) is -18.4. The molecule has 0 saturated carbocycles. The topological polar surface area (TPSA) is 249 Å². The van der Waals surface area contributed by atoms with Crippen molar-refractivity contribution in [1.82, 2.24) is 10.3 Å². The minimum absolute atomic E-state index is 0.00547. The van der Waals surface area contributed by atoms with Crippen molar-refractivity contribution in [3.63, 3.8) is 0 Å². The lowest BCUT2D eigenvalue weighted by molar-refractivity contribution is -0.339. The molecule has 92 heavy (non-hydrogen) atoms. The molecule has 0 amide bonds. The average molecular weight is 1280 g/mol. The van der Waals surface area contributed by atoms with E-state index >= 15 is 0 Å². The molecule has 2 saturated heterocycles. The fraction of sp³-hybridized carbons (Fsp3) is 0.186. The lowest BCUT2D eigenvalue weighted by atomic mass is 9.95. The number of nitrogens with zero attached hydrogens (tertiary/aromatic N) is 1. The SMILES string of the molecule is Cc1ccc2nc(NC(=S)N[C@@H]3O[C@H](COC(=O)c4ccccc4)[C@@H](O[C@H]4O[C@H](COC(=O)c5ccccc5)[C@@H](OC(=O)c5ccccc5)[C@H](OC(=O)c5ccccc5)[C@H]4OC(=O)c4ccccc4)[C@H](OC(=O)c4ccccc4)[C@H]3OC(=O)c3ccccc3)sc2c1. The Hall–Kier alpha value is -10.5. The zero-order chi connectivity index (χ0) is 63.9. The zero-order valence-corrected chi connectivity index (χ0v) is 50.5. The molecule has 20 nitrogen and oxygen atoms in total. The van der Waals surface area contributed by atoms with E-state index in [0.717, 1.165) is 10.3 Å². The molecule has 8 aromatic carbocycles. The van der Waals surface area contributed by atoms with Gasteiger partial charge in [0.05, 0.1) is 49.2 Å². The summed E-state index contributed by atoms with van der Waals surface area (Å²) in [6.45, 7) is 0.462. The number of carbonyl (C=O) groups excluding carboxylic acids is 7. The van der Waals surface area contributed by atoms with Crippen LogP contribution >= 0.6 is 23.6 Å². The number of hydrogen-bond donors (Lipinski definition) is 2. The summed E-state index contributed by atoms with van der Waals surface area (Å²) < 4.78 is 65.7. The second-order valence-electron chi connectivity index (χ2n) is 20.9. The molecule has 0 aliphatic carbocycles. The summed E-state index contributed by atoms with van der Waals surface area (Å²) in [5.41, 5.74) is 2.03. The number of thiazole rings is 1. The van der Waals surface area contributed by atoms with Gasteiger partial charge in [-0.15, -0.1) is 0 Å². The Bertz CT molecular complexity index is 4040. The largest absolute Gasteiger partial charge is 0.459 e. The van der Waals surface area contributed by atoms with Gasteiger partial charge in [-0.1, -0.05) is 145 Å². The lowest BCUT2D eigenvalue weighted by Crippen LogP contribution is -2.69. The first-order valence-corrected chi connectivity index (χ1v) is 30.2. The number of aromatic nitrogens is 1. The molecule has 9 aromatic rings. The molecule has 0 radical (unpaired) electrons. The van der Waals surface area contributed by atoms with Crippen LogP contribution in [-0.2, 0) is 47.4 Å². The minimum Gasteiger partial charge on any atom is -0.459 e. The van der Waals surface area contributed by atoms with Crippen LogP contribution in [0.2, 0.25) is 0 Å². The van der Waals surface area contributed by atoms with E-state index in [4.69, 9.17) is 64.6 Å². The molecule has 2 N–H and O–H groups in total. The molecule has 0 spiro atoms. The van der Waals surface area contributed by atoms with Crippen LogP contribution in [0.25, 0.3) is 10.2 Å². The third kappa shape index (κ3) is 15.7. The summed E-state index contributed by atoms with van der Waals surface area (Å²) in [7, 11) is 0. The molecule has 3 heterocycles.